The van der Waals surface area contributed by atoms with Crippen molar-refractivity contribution in [3.8, 4) is 0 Å². The van der Waals surface area contributed by atoms with E-state index < -0.39 is 0 Å². The van der Waals surface area contributed by atoms with Gasteiger partial charge in [0.15, 0.2) is 0 Å². The van der Waals surface area contributed by atoms with Crippen LogP contribution in [-0.4, -0.2) is 31.2 Å². The summed E-state index contributed by atoms with van der Waals surface area (Å²) < 4.78 is 0. The van der Waals surface area contributed by atoms with Crippen LogP contribution in [0.1, 0.15) is 32.6 Å². The van der Waals surface area contributed by atoms with Crippen LogP contribution in [0.15, 0.2) is 24.3 Å². The second-order valence-corrected chi connectivity index (χ2v) is 6.49. The number of benzene rings is 1. The molecule has 23 heavy (non-hydrogen) atoms. The third kappa shape index (κ3) is 3.94. The lowest BCUT2D eigenvalue weighted by molar-refractivity contribution is 0.239. The van der Waals surface area contributed by atoms with Crippen molar-refractivity contribution in [1.29, 1.82) is 0 Å². The van der Waals surface area contributed by atoms with Crippen LogP contribution in [0, 0.1) is 5.92 Å². The highest BCUT2D eigenvalue weighted by Gasteiger charge is 2.22. The summed E-state index contributed by atoms with van der Waals surface area (Å²) in [5.74, 6) is 0.763. The molecule has 6 nitrogen and oxygen atoms in total. The fourth-order valence-corrected chi connectivity index (χ4v) is 3.23. The van der Waals surface area contributed by atoms with Gasteiger partial charge in [-0.25, -0.2) is 9.59 Å². The highest BCUT2D eigenvalue weighted by atomic mass is 16.2. The van der Waals surface area contributed by atoms with Crippen molar-refractivity contribution in [2.24, 2.45) is 5.92 Å². The van der Waals surface area contributed by atoms with Crippen LogP contribution in [0.2, 0.25) is 0 Å². The molecule has 1 aliphatic heterocycles. The summed E-state index contributed by atoms with van der Waals surface area (Å²) in [6, 6.07) is 7.37. The van der Waals surface area contributed by atoms with Crippen molar-refractivity contribution < 1.29 is 9.59 Å². The lowest BCUT2D eigenvalue weighted by Gasteiger charge is -2.27. The third-order valence-electron chi connectivity index (χ3n) is 4.62. The number of carbonyl (C=O) groups excluding carboxylic acids is 2. The minimum absolute atomic E-state index is 0.0945. The second kappa shape index (κ2) is 6.89. The van der Waals surface area contributed by atoms with Gasteiger partial charge in [-0.1, -0.05) is 13.0 Å². The van der Waals surface area contributed by atoms with Gasteiger partial charge in [0.05, 0.1) is 0 Å². The SMILES string of the molecule is CC1CCC(NC(=O)Nc2cccc(N3CCNC3=O)c2)CC1. The largest absolute Gasteiger partial charge is 0.336 e. The van der Waals surface area contributed by atoms with Gasteiger partial charge >= 0.3 is 12.1 Å². The van der Waals surface area contributed by atoms with Gasteiger partial charge in [-0.05, 0) is 49.8 Å². The van der Waals surface area contributed by atoms with E-state index in [1.807, 2.05) is 24.3 Å². The minimum atomic E-state index is -0.174. The molecule has 6 heteroatoms. The topological polar surface area (TPSA) is 73.5 Å². The molecule has 124 valence electrons. The Kier molecular flexibility index (Phi) is 4.69. The Hall–Kier alpha value is -2.24. The molecule has 2 aliphatic rings. The van der Waals surface area contributed by atoms with E-state index in [1.54, 1.807) is 4.90 Å². The van der Waals surface area contributed by atoms with Crippen molar-refractivity contribution in [2.75, 3.05) is 23.3 Å². The summed E-state index contributed by atoms with van der Waals surface area (Å²) >= 11 is 0. The first-order valence-electron chi connectivity index (χ1n) is 8.35. The number of rotatable bonds is 3. The monoisotopic (exact) mass is 316 g/mol. The van der Waals surface area contributed by atoms with Gasteiger partial charge in [0.1, 0.15) is 0 Å². The molecular formula is C17H24N4O2. The molecule has 4 amide bonds. The molecular weight excluding hydrogens is 292 g/mol. The van der Waals surface area contributed by atoms with Crippen LogP contribution in [0.3, 0.4) is 0 Å². The quantitative estimate of drug-likeness (QED) is 0.802. The van der Waals surface area contributed by atoms with E-state index in [0.717, 1.165) is 24.4 Å². The van der Waals surface area contributed by atoms with Crippen molar-refractivity contribution in [1.82, 2.24) is 10.6 Å². The normalized spacial score (nSPS) is 24.2. The van der Waals surface area contributed by atoms with Crippen molar-refractivity contribution in [2.45, 2.75) is 38.6 Å². The number of hydrogen-bond donors (Lipinski definition) is 3. The number of amides is 4. The number of hydrogen-bond acceptors (Lipinski definition) is 2. The first-order valence-corrected chi connectivity index (χ1v) is 8.35. The summed E-state index contributed by atoms with van der Waals surface area (Å²) in [7, 11) is 0. The second-order valence-electron chi connectivity index (χ2n) is 6.49. The van der Waals surface area contributed by atoms with Crippen LogP contribution in [0.5, 0.6) is 0 Å². The van der Waals surface area contributed by atoms with E-state index in [2.05, 4.69) is 22.9 Å². The smallest absolute Gasteiger partial charge is 0.321 e. The van der Waals surface area contributed by atoms with E-state index in [9.17, 15) is 9.59 Å². The summed E-state index contributed by atoms with van der Waals surface area (Å²) in [5, 5.41) is 8.69. The van der Waals surface area contributed by atoms with Crippen LogP contribution in [-0.2, 0) is 0 Å². The first-order chi connectivity index (χ1) is 11.1. The van der Waals surface area contributed by atoms with Gasteiger partial charge in [0.25, 0.3) is 0 Å². The van der Waals surface area contributed by atoms with Gasteiger partial charge < -0.3 is 16.0 Å². The molecule has 0 spiro atoms. The molecule has 3 rings (SSSR count). The lowest BCUT2D eigenvalue weighted by atomic mass is 9.87. The Labute approximate surface area is 136 Å². The van der Waals surface area contributed by atoms with Crippen molar-refractivity contribution in [3.05, 3.63) is 24.3 Å². The summed E-state index contributed by atoms with van der Waals surface area (Å²) in [6.07, 6.45) is 4.43. The number of nitrogens with one attached hydrogen (secondary N) is 3. The first kappa shape index (κ1) is 15.6. The number of nitrogens with zero attached hydrogens (tertiary/aromatic N) is 1. The predicted octanol–water partition coefficient (Wildman–Crippen LogP) is 2.92. The van der Waals surface area contributed by atoms with Gasteiger partial charge in [0, 0.05) is 30.5 Å². The average Bonchev–Trinajstić information content (AvgIpc) is 2.96. The van der Waals surface area contributed by atoms with E-state index in [-0.39, 0.29) is 18.1 Å². The fourth-order valence-electron chi connectivity index (χ4n) is 3.23. The van der Waals surface area contributed by atoms with Crippen LogP contribution in [0.4, 0.5) is 21.0 Å². The Bertz CT molecular complexity index is 582. The molecule has 2 fully saturated rings. The third-order valence-corrected chi connectivity index (χ3v) is 4.62. The predicted molar refractivity (Wildman–Crippen MR) is 90.8 cm³/mol. The summed E-state index contributed by atoms with van der Waals surface area (Å²) in [4.78, 5) is 25.5. The van der Waals surface area contributed by atoms with Gasteiger partial charge in [-0.3, -0.25) is 4.90 Å². The van der Waals surface area contributed by atoms with Gasteiger partial charge in [-0.15, -0.1) is 0 Å². The van der Waals surface area contributed by atoms with E-state index in [0.29, 0.717) is 18.8 Å². The molecule has 0 unspecified atom stereocenters. The molecule has 1 saturated carbocycles. The maximum absolute atomic E-state index is 12.1. The molecule has 0 bridgehead atoms. The maximum Gasteiger partial charge on any atom is 0.321 e. The molecule has 0 radical (unpaired) electrons. The zero-order valence-electron chi connectivity index (χ0n) is 13.5. The number of anilines is 2. The zero-order valence-corrected chi connectivity index (χ0v) is 13.5. The van der Waals surface area contributed by atoms with E-state index >= 15 is 0 Å². The summed E-state index contributed by atoms with van der Waals surface area (Å²) in [5.41, 5.74) is 1.49. The van der Waals surface area contributed by atoms with Crippen molar-refractivity contribution in [3.63, 3.8) is 0 Å². The number of carbonyl (C=O) groups is 2. The number of urea groups is 2. The van der Waals surface area contributed by atoms with Gasteiger partial charge in [0.2, 0.25) is 0 Å². The van der Waals surface area contributed by atoms with E-state index in [4.69, 9.17) is 0 Å². The highest BCUT2D eigenvalue weighted by molar-refractivity contribution is 5.95. The molecule has 1 aliphatic carbocycles. The molecule has 3 N–H and O–H groups in total. The Balaban J connectivity index is 1.57. The van der Waals surface area contributed by atoms with Crippen molar-refractivity contribution >= 4 is 23.4 Å². The Morgan fingerprint density at radius 2 is 2.04 bits per heavy atom. The minimum Gasteiger partial charge on any atom is -0.336 e. The van der Waals surface area contributed by atoms with Gasteiger partial charge in [-0.2, -0.15) is 0 Å². The fraction of sp³-hybridized carbons (Fsp3) is 0.529. The Morgan fingerprint density at radius 3 is 2.74 bits per heavy atom. The van der Waals surface area contributed by atoms with Crippen LogP contribution >= 0.6 is 0 Å². The molecule has 0 aromatic heterocycles. The summed E-state index contributed by atoms with van der Waals surface area (Å²) in [6.45, 7) is 3.56. The molecule has 1 saturated heterocycles. The molecule has 1 aromatic carbocycles. The highest BCUT2D eigenvalue weighted by Crippen LogP contribution is 2.24. The molecule has 0 atom stereocenters. The standard InChI is InChI=1S/C17H24N4O2/c1-12-5-7-13(8-6-12)19-16(22)20-14-3-2-4-15(11-14)21-10-9-18-17(21)23/h2-4,11-13H,5-10H2,1H3,(H,18,23)(H2,19,20,22). The van der Waals surface area contributed by atoms with Crippen LogP contribution < -0.4 is 20.9 Å². The maximum atomic E-state index is 12.1. The average molecular weight is 316 g/mol. The van der Waals surface area contributed by atoms with Crippen LogP contribution in [0.25, 0.3) is 0 Å². The molecule has 1 aromatic rings. The molecule has 1 heterocycles. The lowest BCUT2D eigenvalue weighted by Crippen LogP contribution is -2.40. The Morgan fingerprint density at radius 1 is 1.26 bits per heavy atom. The zero-order chi connectivity index (χ0) is 16.2. The van der Waals surface area contributed by atoms with E-state index in [1.165, 1.54) is 12.8 Å².